The van der Waals surface area contributed by atoms with Gasteiger partial charge in [0.15, 0.2) is 5.69 Å². The highest BCUT2D eigenvalue weighted by atomic mass is 35.5. The Morgan fingerprint density at radius 2 is 2.00 bits per heavy atom. The zero-order valence-electron chi connectivity index (χ0n) is 14.5. The number of halogens is 1. The van der Waals surface area contributed by atoms with E-state index in [1.54, 1.807) is 18.2 Å². The first-order valence-electron chi connectivity index (χ1n) is 8.01. The first-order chi connectivity index (χ1) is 13.0. The maximum atomic E-state index is 12.2. The number of ether oxygens (including phenoxy) is 2. The molecule has 0 saturated heterocycles. The average molecular weight is 382 g/mol. The summed E-state index contributed by atoms with van der Waals surface area (Å²) >= 11 is 6.15. The maximum Gasteiger partial charge on any atom is 0.357 e. The van der Waals surface area contributed by atoms with E-state index >= 15 is 0 Å². The molecule has 7 heteroatoms. The Morgan fingerprint density at radius 1 is 1.26 bits per heavy atom. The highest BCUT2D eigenvalue weighted by Gasteiger charge is 2.23. The monoisotopic (exact) mass is 381 g/mol. The van der Waals surface area contributed by atoms with Crippen molar-refractivity contribution >= 4 is 23.3 Å². The number of esters is 1. The highest BCUT2D eigenvalue weighted by Crippen LogP contribution is 2.32. The van der Waals surface area contributed by atoms with Crippen LogP contribution < -0.4 is 10.5 Å². The number of methoxy groups -OCH3 is 1. The number of nitrogens with two attached hydrogens (primary N) is 1. The molecule has 0 amide bonds. The molecule has 0 aliphatic carbocycles. The van der Waals surface area contributed by atoms with Gasteiger partial charge in [-0.15, -0.1) is 0 Å². The summed E-state index contributed by atoms with van der Waals surface area (Å²) in [6.07, 6.45) is 1.46. The fourth-order valence-electron chi connectivity index (χ4n) is 2.64. The van der Waals surface area contributed by atoms with Gasteiger partial charge in [-0.1, -0.05) is 41.9 Å². The van der Waals surface area contributed by atoms with Gasteiger partial charge < -0.3 is 19.8 Å². The van der Waals surface area contributed by atoms with E-state index in [2.05, 4.69) is 0 Å². The molecule has 0 aliphatic rings. The number of carbonyl (C=O) groups is 1. The Morgan fingerprint density at radius 3 is 2.67 bits per heavy atom. The molecule has 136 valence electrons. The minimum atomic E-state index is -0.664. The first-order valence-corrected chi connectivity index (χ1v) is 8.38. The van der Waals surface area contributed by atoms with Gasteiger partial charge in [0, 0.05) is 11.2 Å². The number of anilines is 1. The predicted molar refractivity (Wildman–Crippen MR) is 102 cm³/mol. The molecule has 0 aliphatic heterocycles. The number of aromatic nitrogens is 1. The first kappa shape index (κ1) is 18.4. The Bertz CT molecular complexity index is 1020. The van der Waals surface area contributed by atoms with E-state index in [0.717, 1.165) is 5.56 Å². The average Bonchev–Trinajstić information content (AvgIpc) is 3.03. The van der Waals surface area contributed by atoms with Crippen LogP contribution in [-0.2, 0) is 11.3 Å². The summed E-state index contributed by atoms with van der Waals surface area (Å²) in [5, 5.41) is 9.72. The van der Waals surface area contributed by atoms with Crippen molar-refractivity contribution < 1.29 is 14.3 Å². The summed E-state index contributed by atoms with van der Waals surface area (Å²) in [6, 6.07) is 16.6. The molecule has 3 aromatic rings. The van der Waals surface area contributed by atoms with Crippen molar-refractivity contribution in [3.05, 3.63) is 76.6 Å². The fourth-order valence-corrected chi connectivity index (χ4v) is 2.81. The zero-order chi connectivity index (χ0) is 19.4. The minimum Gasteiger partial charge on any atom is -0.487 e. The van der Waals surface area contributed by atoms with Crippen LogP contribution >= 0.6 is 11.6 Å². The third kappa shape index (κ3) is 3.73. The molecule has 0 atom stereocenters. The van der Waals surface area contributed by atoms with Gasteiger partial charge >= 0.3 is 5.97 Å². The van der Waals surface area contributed by atoms with E-state index in [9.17, 15) is 10.1 Å². The van der Waals surface area contributed by atoms with Gasteiger partial charge in [0.2, 0.25) is 0 Å². The molecule has 0 unspecified atom stereocenters. The van der Waals surface area contributed by atoms with Crippen LogP contribution in [0.4, 0.5) is 5.69 Å². The van der Waals surface area contributed by atoms with Gasteiger partial charge in [0.05, 0.1) is 24.0 Å². The van der Waals surface area contributed by atoms with Crippen molar-refractivity contribution in [2.24, 2.45) is 0 Å². The molecule has 0 radical (unpaired) electrons. The summed E-state index contributed by atoms with van der Waals surface area (Å²) in [6.45, 7) is 0.324. The van der Waals surface area contributed by atoms with Crippen LogP contribution in [0.1, 0.15) is 21.6 Å². The topological polar surface area (TPSA) is 90.3 Å². The quantitative estimate of drug-likeness (QED) is 0.676. The maximum absolute atomic E-state index is 12.2. The normalized spacial score (nSPS) is 10.3. The summed E-state index contributed by atoms with van der Waals surface area (Å²) in [4.78, 5) is 12.2. The number of nitrogen functional groups attached to an aromatic ring is 1. The molecular weight excluding hydrogens is 366 g/mol. The second kappa shape index (κ2) is 7.85. The summed E-state index contributed by atoms with van der Waals surface area (Å²) in [5.74, 6) is -0.184. The molecule has 0 saturated carbocycles. The number of hydrogen-bond donors (Lipinski definition) is 1. The van der Waals surface area contributed by atoms with Gasteiger partial charge in [0.1, 0.15) is 18.4 Å². The van der Waals surface area contributed by atoms with Gasteiger partial charge in [-0.05, 0) is 23.8 Å². The molecule has 2 N–H and O–H groups in total. The van der Waals surface area contributed by atoms with E-state index in [-0.39, 0.29) is 16.9 Å². The van der Waals surface area contributed by atoms with Crippen LogP contribution in [-0.4, -0.2) is 17.6 Å². The Balaban J connectivity index is 2.08. The van der Waals surface area contributed by atoms with E-state index in [0.29, 0.717) is 23.1 Å². The molecule has 0 spiro atoms. The number of benzene rings is 2. The fraction of sp³-hybridized carbons (Fsp3) is 0.100. The number of hydrogen-bond acceptors (Lipinski definition) is 5. The Labute approximate surface area is 161 Å². The van der Waals surface area contributed by atoms with Crippen LogP contribution in [0.3, 0.4) is 0 Å². The highest BCUT2D eigenvalue weighted by molar-refractivity contribution is 6.30. The lowest BCUT2D eigenvalue weighted by Crippen LogP contribution is -2.12. The molecule has 27 heavy (non-hydrogen) atoms. The minimum absolute atomic E-state index is 0.0401. The Kier molecular flexibility index (Phi) is 5.34. The van der Waals surface area contributed by atoms with E-state index < -0.39 is 5.97 Å². The van der Waals surface area contributed by atoms with Crippen molar-refractivity contribution in [1.82, 2.24) is 4.57 Å². The van der Waals surface area contributed by atoms with Crippen molar-refractivity contribution in [1.29, 1.82) is 5.26 Å². The molecule has 0 bridgehead atoms. The van der Waals surface area contributed by atoms with Gasteiger partial charge in [-0.25, -0.2) is 4.79 Å². The molecule has 0 fully saturated rings. The van der Waals surface area contributed by atoms with Gasteiger partial charge in [-0.3, -0.25) is 0 Å². The second-order valence-corrected chi connectivity index (χ2v) is 6.10. The summed E-state index contributed by atoms with van der Waals surface area (Å²) < 4.78 is 12.2. The molecule has 1 aromatic heterocycles. The molecule has 3 rings (SSSR count). The number of rotatable bonds is 5. The van der Waals surface area contributed by atoms with Gasteiger partial charge in [-0.2, -0.15) is 5.26 Å². The molecular formula is C20H16ClN3O3. The lowest BCUT2D eigenvalue weighted by molar-refractivity contribution is 0.0593. The molecule has 6 nitrogen and oxygen atoms in total. The third-order valence-corrected chi connectivity index (χ3v) is 4.20. The van der Waals surface area contributed by atoms with Crippen LogP contribution in [0.5, 0.6) is 5.75 Å². The smallest absolute Gasteiger partial charge is 0.357 e. The van der Waals surface area contributed by atoms with Crippen molar-refractivity contribution in [3.8, 4) is 17.5 Å². The van der Waals surface area contributed by atoms with Crippen LogP contribution in [0.2, 0.25) is 5.02 Å². The third-order valence-electron chi connectivity index (χ3n) is 3.96. The number of nitriles is 1. The zero-order valence-corrected chi connectivity index (χ0v) is 15.2. The van der Waals surface area contributed by atoms with Gasteiger partial charge in [0.25, 0.3) is 0 Å². The largest absolute Gasteiger partial charge is 0.487 e. The Hall–Kier alpha value is -3.43. The number of nitrogens with zero attached hydrogens (tertiary/aromatic N) is 2. The van der Waals surface area contributed by atoms with Crippen molar-refractivity contribution in [2.45, 2.75) is 6.61 Å². The lowest BCUT2D eigenvalue weighted by Gasteiger charge is -2.15. The van der Waals surface area contributed by atoms with Crippen molar-refractivity contribution in [3.63, 3.8) is 0 Å². The number of carbonyl (C=O) groups excluding carboxylic acids is 1. The SMILES string of the molecule is COC(=O)c1c(N)c(C#N)cn1-c1cc(Cl)ccc1OCc1ccccc1. The molecule has 1 heterocycles. The lowest BCUT2D eigenvalue weighted by atomic mass is 10.2. The van der Waals surface area contributed by atoms with Crippen LogP contribution in [0.25, 0.3) is 5.69 Å². The summed E-state index contributed by atoms with van der Waals surface area (Å²) in [5.41, 5.74) is 7.66. The molecule has 2 aromatic carbocycles. The van der Waals surface area contributed by atoms with Crippen molar-refractivity contribution in [2.75, 3.05) is 12.8 Å². The van der Waals surface area contributed by atoms with Crippen LogP contribution in [0, 0.1) is 11.3 Å². The van der Waals surface area contributed by atoms with E-state index in [1.807, 2.05) is 36.4 Å². The second-order valence-electron chi connectivity index (χ2n) is 5.66. The van der Waals surface area contributed by atoms with E-state index in [4.69, 9.17) is 26.8 Å². The van der Waals surface area contributed by atoms with Crippen LogP contribution in [0.15, 0.2) is 54.7 Å². The standard InChI is InChI=1S/C20H16ClN3O3/c1-26-20(25)19-18(23)14(10-22)11-24(19)16-9-15(21)7-8-17(16)27-12-13-5-3-2-4-6-13/h2-9,11H,12,23H2,1H3. The predicted octanol–water partition coefficient (Wildman–Crippen LogP) is 3.95. The summed E-state index contributed by atoms with van der Waals surface area (Å²) in [7, 11) is 1.25. The van der Waals surface area contributed by atoms with E-state index in [1.165, 1.54) is 17.9 Å².